The van der Waals surface area contributed by atoms with Crippen LogP contribution in [0.2, 0.25) is 0 Å². The highest BCUT2D eigenvalue weighted by Gasteiger charge is 2.33. The maximum atomic E-state index is 12.8. The third-order valence-corrected chi connectivity index (χ3v) is 5.57. The molecule has 3 heteroatoms. The van der Waals surface area contributed by atoms with Crippen molar-refractivity contribution in [2.24, 2.45) is 17.6 Å². The van der Waals surface area contributed by atoms with Gasteiger partial charge in [0.15, 0.2) is 0 Å². The van der Waals surface area contributed by atoms with Crippen molar-refractivity contribution in [1.29, 1.82) is 0 Å². The summed E-state index contributed by atoms with van der Waals surface area (Å²) in [7, 11) is 0. The molecule has 0 aromatic heterocycles. The van der Waals surface area contributed by atoms with E-state index in [1.165, 1.54) is 44.9 Å². The van der Waals surface area contributed by atoms with Crippen molar-refractivity contribution < 1.29 is 4.79 Å². The molecule has 2 rings (SSSR count). The van der Waals surface area contributed by atoms with Crippen molar-refractivity contribution in [1.82, 2.24) is 4.90 Å². The van der Waals surface area contributed by atoms with Gasteiger partial charge in [-0.2, -0.15) is 0 Å². The van der Waals surface area contributed by atoms with E-state index in [0.717, 1.165) is 38.1 Å². The Balaban J connectivity index is 1.82. The smallest absolute Gasteiger partial charge is 0.225 e. The van der Waals surface area contributed by atoms with Gasteiger partial charge < -0.3 is 10.6 Å². The van der Waals surface area contributed by atoms with Crippen molar-refractivity contribution in [3.05, 3.63) is 0 Å². The van der Waals surface area contributed by atoms with Gasteiger partial charge in [0.2, 0.25) is 5.91 Å². The molecule has 0 spiro atoms. The van der Waals surface area contributed by atoms with Gasteiger partial charge in [0, 0.05) is 18.5 Å². The van der Waals surface area contributed by atoms with E-state index < -0.39 is 0 Å². The predicted molar refractivity (Wildman–Crippen MR) is 88.0 cm³/mol. The third-order valence-electron chi connectivity index (χ3n) is 5.57. The van der Waals surface area contributed by atoms with Gasteiger partial charge in [0.25, 0.3) is 0 Å². The summed E-state index contributed by atoms with van der Waals surface area (Å²) in [5.74, 6) is 1.64. The summed E-state index contributed by atoms with van der Waals surface area (Å²) in [6.45, 7) is 3.95. The molecule has 1 amide bonds. The molecule has 0 aromatic rings. The summed E-state index contributed by atoms with van der Waals surface area (Å²) in [5.41, 5.74) is 5.73. The first-order chi connectivity index (χ1) is 10.3. The number of unbranched alkanes of at least 4 members (excludes halogenated alkanes) is 1. The maximum absolute atomic E-state index is 12.8. The number of nitrogens with zero attached hydrogens (tertiary/aromatic N) is 1. The SMILES string of the molecule is CCCCC1CCC(C(=O)N2CCCCC2CCN)CC1. The first-order valence-electron chi connectivity index (χ1n) is 9.26. The Morgan fingerprint density at radius 3 is 2.52 bits per heavy atom. The van der Waals surface area contributed by atoms with Crippen LogP contribution in [-0.4, -0.2) is 29.9 Å². The molecule has 0 aromatic carbocycles. The van der Waals surface area contributed by atoms with E-state index in [4.69, 9.17) is 5.73 Å². The Kier molecular flexibility index (Phi) is 7.01. The largest absolute Gasteiger partial charge is 0.339 e. The number of likely N-dealkylation sites (tertiary alicyclic amines) is 1. The van der Waals surface area contributed by atoms with E-state index in [0.29, 0.717) is 24.4 Å². The molecule has 0 radical (unpaired) electrons. The minimum absolute atomic E-state index is 0.307. The highest BCUT2D eigenvalue weighted by Crippen LogP contribution is 2.34. The molecular formula is C18H34N2O. The zero-order valence-corrected chi connectivity index (χ0v) is 13.9. The normalized spacial score (nSPS) is 30.4. The molecule has 1 unspecified atom stereocenters. The number of nitrogens with two attached hydrogens (primary N) is 1. The number of carbonyl (C=O) groups excluding carboxylic acids is 1. The van der Waals surface area contributed by atoms with Gasteiger partial charge in [-0.3, -0.25) is 4.79 Å². The van der Waals surface area contributed by atoms with E-state index in [9.17, 15) is 4.79 Å². The summed E-state index contributed by atoms with van der Waals surface area (Å²) >= 11 is 0. The number of amides is 1. The van der Waals surface area contributed by atoms with Crippen LogP contribution in [0, 0.1) is 11.8 Å². The number of carbonyl (C=O) groups is 1. The molecule has 21 heavy (non-hydrogen) atoms. The highest BCUT2D eigenvalue weighted by atomic mass is 16.2. The van der Waals surface area contributed by atoms with Crippen LogP contribution in [0.4, 0.5) is 0 Å². The first kappa shape index (κ1) is 16.8. The monoisotopic (exact) mass is 294 g/mol. The van der Waals surface area contributed by atoms with E-state index >= 15 is 0 Å². The lowest BCUT2D eigenvalue weighted by Crippen LogP contribution is -2.47. The van der Waals surface area contributed by atoms with Crippen LogP contribution in [-0.2, 0) is 4.79 Å². The fraction of sp³-hybridized carbons (Fsp3) is 0.944. The van der Waals surface area contributed by atoms with Gasteiger partial charge in [0.1, 0.15) is 0 Å². The van der Waals surface area contributed by atoms with E-state index in [2.05, 4.69) is 11.8 Å². The van der Waals surface area contributed by atoms with Crippen LogP contribution in [0.25, 0.3) is 0 Å². The lowest BCUT2D eigenvalue weighted by molar-refractivity contribution is -0.140. The van der Waals surface area contributed by atoms with Gasteiger partial charge in [-0.1, -0.05) is 26.2 Å². The first-order valence-corrected chi connectivity index (χ1v) is 9.26. The molecule has 122 valence electrons. The highest BCUT2D eigenvalue weighted by molar-refractivity contribution is 5.79. The van der Waals surface area contributed by atoms with Crippen molar-refractivity contribution >= 4 is 5.91 Å². The van der Waals surface area contributed by atoms with Crippen molar-refractivity contribution in [3.8, 4) is 0 Å². The summed E-state index contributed by atoms with van der Waals surface area (Å²) in [5, 5.41) is 0. The number of piperidine rings is 1. The Morgan fingerprint density at radius 2 is 1.86 bits per heavy atom. The van der Waals surface area contributed by atoms with E-state index in [-0.39, 0.29) is 0 Å². The number of rotatable bonds is 6. The second kappa shape index (κ2) is 8.77. The molecule has 2 aliphatic rings. The number of hydrogen-bond donors (Lipinski definition) is 1. The Morgan fingerprint density at radius 1 is 1.10 bits per heavy atom. The quantitative estimate of drug-likeness (QED) is 0.811. The fourth-order valence-electron chi connectivity index (χ4n) is 4.21. The second-order valence-corrected chi connectivity index (χ2v) is 7.12. The van der Waals surface area contributed by atoms with Crippen molar-refractivity contribution in [3.63, 3.8) is 0 Å². The van der Waals surface area contributed by atoms with E-state index in [1.807, 2.05) is 0 Å². The van der Waals surface area contributed by atoms with Crippen LogP contribution in [0.15, 0.2) is 0 Å². The fourth-order valence-corrected chi connectivity index (χ4v) is 4.21. The Bertz CT molecular complexity index is 308. The third kappa shape index (κ3) is 4.70. The van der Waals surface area contributed by atoms with Crippen LogP contribution < -0.4 is 5.73 Å². The molecule has 1 heterocycles. The van der Waals surface area contributed by atoms with Gasteiger partial charge in [-0.15, -0.1) is 0 Å². The van der Waals surface area contributed by atoms with Crippen molar-refractivity contribution in [2.45, 2.75) is 83.6 Å². The molecule has 1 atom stereocenters. The van der Waals surface area contributed by atoms with Crippen LogP contribution in [0.3, 0.4) is 0 Å². The van der Waals surface area contributed by atoms with Gasteiger partial charge in [-0.25, -0.2) is 0 Å². The van der Waals surface area contributed by atoms with Gasteiger partial charge >= 0.3 is 0 Å². The molecule has 1 saturated heterocycles. The standard InChI is InChI=1S/C18H34N2O/c1-2-3-6-15-8-10-16(11-9-15)18(21)20-14-5-4-7-17(20)12-13-19/h15-17H,2-14,19H2,1H3. The van der Waals surface area contributed by atoms with Crippen molar-refractivity contribution in [2.75, 3.05) is 13.1 Å². The lowest BCUT2D eigenvalue weighted by Gasteiger charge is -2.39. The molecule has 1 saturated carbocycles. The molecule has 2 fully saturated rings. The summed E-state index contributed by atoms with van der Waals surface area (Å²) < 4.78 is 0. The zero-order chi connectivity index (χ0) is 15.1. The molecule has 1 aliphatic heterocycles. The average molecular weight is 294 g/mol. The summed E-state index contributed by atoms with van der Waals surface area (Å²) in [4.78, 5) is 15.0. The Hall–Kier alpha value is -0.570. The Labute approximate surface area is 130 Å². The van der Waals surface area contributed by atoms with E-state index in [1.54, 1.807) is 0 Å². The molecular weight excluding hydrogens is 260 g/mol. The van der Waals surface area contributed by atoms with Crippen LogP contribution in [0.5, 0.6) is 0 Å². The minimum Gasteiger partial charge on any atom is -0.339 e. The predicted octanol–water partition coefficient (Wildman–Crippen LogP) is 3.71. The second-order valence-electron chi connectivity index (χ2n) is 7.12. The van der Waals surface area contributed by atoms with Crippen LogP contribution in [0.1, 0.15) is 77.6 Å². The molecule has 2 N–H and O–H groups in total. The zero-order valence-electron chi connectivity index (χ0n) is 13.9. The topological polar surface area (TPSA) is 46.3 Å². The minimum atomic E-state index is 0.307. The lowest BCUT2D eigenvalue weighted by atomic mass is 9.79. The summed E-state index contributed by atoms with van der Waals surface area (Å²) in [6.07, 6.45) is 13.4. The molecule has 0 bridgehead atoms. The average Bonchev–Trinajstić information content (AvgIpc) is 2.53. The molecule has 3 nitrogen and oxygen atoms in total. The van der Waals surface area contributed by atoms with Crippen LogP contribution >= 0.6 is 0 Å². The maximum Gasteiger partial charge on any atom is 0.225 e. The number of hydrogen-bond acceptors (Lipinski definition) is 2. The van der Waals surface area contributed by atoms with Gasteiger partial charge in [-0.05, 0) is 63.8 Å². The summed E-state index contributed by atoms with van der Waals surface area (Å²) in [6, 6.07) is 0.425. The van der Waals surface area contributed by atoms with Gasteiger partial charge in [0.05, 0.1) is 0 Å². The molecule has 1 aliphatic carbocycles.